The highest BCUT2D eigenvalue weighted by Gasteiger charge is 2.39. The molecule has 2 aliphatic heterocycles. The Morgan fingerprint density at radius 2 is 2.03 bits per heavy atom. The molecular weight excluding hydrogens is 523 g/mol. The topological polar surface area (TPSA) is 141 Å². The number of nitriles is 2. The lowest BCUT2D eigenvalue weighted by Crippen LogP contribution is -2.47. The van der Waals surface area contributed by atoms with Crippen molar-refractivity contribution in [2.24, 2.45) is 5.92 Å². The van der Waals surface area contributed by atoms with Gasteiger partial charge < -0.3 is 20.6 Å². The number of aliphatic hydroxyl groups excluding tert-OH is 1. The predicted molar refractivity (Wildman–Crippen MR) is 144 cm³/mol. The molecule has 0 radical (unpaired) electrons. The summed E-state index contributed by atoms with van der Waals surface area (Å²) in [6.07, 6.45) is 4.39. The van der Waals surface area contributed by atoms with Crippen molar-refractivity contribution >= 4 is 40.4 Å². The molecule has 0 spiro atoms. The van der Waals surface area contributed by atoms with Crippen molar-refractivity contribution in [1.82, 2.24) is 24.5 Å². The van der Waals surface area contributed by atoms with Crippen molar-refractivity contribution in [3.8, 4) is 12.1 Å². The second kappa shape index (κ2) is 10.5. The maximum Gasteiger partial charge on any atom is 0.247 e. The highest BCUT2D eigenvalue weighted by molar-refractivity contribution is 6.36. The maximum atomic E-state index is 12.9. The first-order valence-corrected chi connectivity index (χ1v) is 13.5. The van der Waals surface area contributed by atoms with Crippen molar-refractivity contribution in [3.63, 3.8) is 0 Å². The fourth-order valence-corrected chi connectivity index (χ4v) is 5.97. The van der Waals surface area contributed by atoms with Gasteiger partial charge in [0.15, 0.2) is 17.2 Å². The largest absolute Gasteiger partial charge is 0.389 e. The molecule has 1 aromatic carbocycles. The second-order valence-electron chi connectivity index (χ2n) is 10.4. The van der Waals surface area contributed by atoms with Gasteiger partial charge in [0.1, 0.15) is 12.7 Å². The van der Waals surface area contributed by atoms with Gasteiger partial charge in [-0.3, -0.25) is 4.90 Å². The van der Waals surface area contributed by atoms with E-state index < -0.39 is 12.8 Å². The first-order chi connectivity index (χ1) is 19.0. The Morgan fingerprint density at radius 3 is 2.77 bits per heavy atom. The lowest BCUT2D eigenvalue weighted by atomic mass is 9.92. The zero-order chi connectivity index (χ0) is 27.1. The van der Waals surface area contributed by atoms with Crippen molar-refractivity contribution in [2.75, 3.05) is 48.4 Å². The summed E-state index contributed by atoms with van der Waals surface area (Å²) in [7, 11) is 0. The average molecular weight is 551 g/mol. The molecule has 2 unspecified atom stereocenters. The molecule has 0 amide bonds. The van der Waals surface area contributed by atoms with Crippen LogP contribution in [0.1, 0.15) is 36.9 Å². The van der Waals surface area contributed by atoms with E-state index in [0.717, 1.165) is 51.0 Å². The number of aliphatic hydroxyl groups is 1. The number of benzene rings is 1. The third-order valence-corrected chi connectivity index (χ3v) is 8.14. The Hall–Kier alpha value is -3.71. The van der Waals surface area contributed by atoms with E-state index in [4.69, 9.17) is 11.6 Å². The third-order valence-electron chi connectivity index (χ3n) is 7.74. The SMILES string of the molecule is N#Cc1cc(Nc2nc(NC3CC3)c3ncc(C#N)n3n2)c(Cl)c(N2CCC3C(CCN3C[C@@H](O)CF)C2)c1. The van der Waals surface area contributed by atoms with Gasteiger partial charge >= 0.3 is 0 Å². The van der Waals surface area contributed by atoms with E-state index in [-0.39, 0.29) is 11.6 Å². The zero-order valence-corrected chi connectivity index (χ0v) is 21.9. The van der Waals surface area contributed by atoms with Gasteiger partial charge in [-0.05, 0) is 50.3 Å². The number of likely N-dealkylation sites (tertiary alicyclic amines) is 1. The average Bonchev–Trinajstić information content (AvgIpc) is 3.53. The van der Waals surface area contributed by atoms with E-state index in [0.29, 0.717) is 52.3 Å². The van der Waals surface area contributed by atoms with Crippen LogP contribution < -0.4 is 15.5 Å². The molecule has 39 heavy (non-hydrogen) atoms. The van der Waals surface area contributed by atoms with Crippen LogP contribution in [0.25, 0.3) is 5.65 Å². The number of nitrogens with one attached hydrogen (secondary N) is 2. The van der Waals surface area contributed by atoms with Crippen LogP contribution in [0.3, 0.4) is 0 Å². The number of hydrogen-bond donors (Lipinski definition) is 3. The molecule has 2 saturated heterocycles. The summed E-state index contributed by atoms with van der Waals surface area (Å²) in [4.78, 5) is 13.3. The Balaban J connectivity index is 1.28. The number of β-amino-alcohol motifs (C(OH)–C–C–N with tert-alkyl or cyclic N) is 1. The number of anilines is 4. The van der Waals surface area contributed by atoms with Gasteiger partial charge in [-0.25, -0.2) is 9.37 Å². The van der Waals surface area contributed by atoms with Crippen LogP contribution in [-0.2, 0) is 0 Å². The van der Waals surface area contributed by atoms with Gasteiger partial charge in [-0.2, -0.15) is 20.0 Å². The summed E-state index contributed by atoms with van der Waals surface area (Å²) in [5, 5.41) is 40.5. The van der Waals surface area contributed by atoms with Crippen molar-refractivity contribution in [3.05, 3.63) is 34.6 Å². The Morgan fingerprint density at radius 1 is 1.18 bits per heavy atom. The molecule has 4 heterocycles. The number of fused-ring (bicyclic) bond motifs is 2. The summed E-state index contributed by atoms with van der Waals surface area (Å²) < 4.78 is 14.3. The van der Waals surface area contributed by atoms with Gasteiger partial charge in [0.05, 0.1) is 40.3 Å². The highest BCUT2D eigenvalue weighted by Crippen LogP contribution is 2.40. The molecule has 3 atom stereocenters. The normalized spacial score (nSPS) is 21.8. The van der Waals surface area contributed by atoms with Crippen LogP contribution in [0.15, 0.2) is 18.3 Å². The number of nitrogens with zero attached hydrogens (tertiary/aromatic N) is 8. The number of hydrogen-bond acceptors (Lipinski definition) is 10. The molecule has 11 nitrogen and oxygen atoms in total. The number of halogens is 2. The predicted octanol–water partition coefficient (Wildman–Crippen LogP) is 3.07. The summed E-state index contributed by atoms with van der Waals surface area (Å²) in [5.41, 5.74) is 2.42. The molecule has 1 aliphatic carbocycles. The van der Waals surface area contributed by atoms with E-state index in [1.807, 2.05) is 0 Å². The van der Waals surface area contributed by atoms with Crippen molar-refractivity contribution in [1.29, 1.82) is 10.5 Å². The van der Waals surface area contributed by atoms with E-state index in [2.05, 4.69) is 47.6 Å². The molecule has 202 valence electrons. The first-order valence-electron chi connectivity index (χ1n) is 13.1. The standard InChI is InChI=1S/C26H28ClFN10O/c27-23-20(33-26-34-24(32-17-1-2-17)25-31-12-18(11-30)38(25)35-26)7-15(10-29)8-22(23)36-6-4-21-16(13-36)3-5-37(21)14-19(39)9-28/h7-8,12,16-17,19,21,39H,1-6,9,13-14H2,(H2,32,33,34,35)/t16?,19-,21?/m0/s1. The van der Waals surface area contributed by atoms with Crippen molar-refractivity contribution in [2.45, 2.75) is 43.9 Å². The van der Waals surface area contributed by atoms with Crippen LogP contribution >= 0.6 is 11.6 Å². The van der Waals surface area contributed by atoms with E-state index >= 15 is 0 Å². The van der Waals surface area contributed by atoms with Crippen LogP contribution in [0.4, 0.5) is 27.5 Å². The summed E-state index contributed by atoms with van der Waals surface area (Å²) >= 11 is 6.93. The van der Waals surface area contributed by atoms with Gasteiger partial charge in [0.25, 0.3) is 0 Å². The smallest absolute Gasteiger partial charge is 0.247 e. The fourth-order valence-electron chi connectivity index (χ4n) is 5.69. The zero-order valence-electron chi connectivity index (χ0n) is 21.2. The summed E-state index contributed by atoms with van der Waals surface area (Å²) in [6.45, 7) is 1.91. The molecule has 13 heteroatoms. The van der Waals surface area contributed by atoms with E-state index in [1.165, 1.54) is 10.7 Å². The molecule has 3 aliphatic rings. The van der Waals surface area contributed by atoms with Gasteiger partial charge in [0.2, 0.25) is 5.95 Å². The number of alkyl halides is 1. The number of piperidine rings is 1. The lowest BCUT2D eigenvalue weighted by molar-refractivity contribution is 0.0756. The lowest BCUT2D eigenvalue weighted by Gasteiger charge is -2.40. The Kier molecular flexibility index (Phi) is 6.85. The second-order valence-corrected chi connectivity index (χ2v) is 10.8. The molecule has 3 fully saturated rings. The first kappa shape index (κ1) is 25.6. The molecule has 6 rings (SSSR count). The van der Waals surface area contributed by atoms with Crippen LogP contribution in [0.5, 0.6) is 0 Å². The van der Waals surface area contributed by atoms with Crippen LogP contribution in [0.2, 0.25) is 5.02 Å². The van der Waals surface area contributed by atoms with Crippen LogP contribution in [0, 0.1) is 28.6 Å². The monoisotopic (exact) mass is 550 g/mol. The van der Waals surface area contributed by atoms with Crippen molar-refractivity contribution < 1.29 is 9.50 Å². The third kappa shape index (κ3) is 5.03. The van der Waals surface area contributed by atoms with E-state index in [9.17, 15) is 20.0 Å². The minimum Gasteiger partial charge on any atom is -0.389 e. The quantitative estimate of drug-likeness (QED) is 0.383. The maximum absolute atomic E-state index is 12.9. The number of imidazole rings is 1. The Bertz CT molecular complexity index is 1480. The molecule has 3 N–H and O–H groups in total. The molecule has 2 aromatic heterocycles. The van der Waals surface area contributed by atoms with Crippen LogP contribution in [-0.4, -0.2) is 80.6 Å². The van der Waals surface area contributed by atoms with Gasteiger partial charge in [-0.15, -0.1) is 5.10 Å². The molecule has 0 bridgehead atoms. The minimum atomic E-state index is -0.954. The number of rotatable bonds is 8. The van der Waals surface area contributed by atoms with Gasteiger partial charge in [0, 0.05) is 31.7 Å². The Labute approximate surface area is 229 Å². The molecule has 3 aromatic rings. The van der Waals surface area contributed by atoms with E-state index in [1.54, 1.807) is 12.1 Å². The minimum absolute atomic E-state index is 0.222. The van der Waals surface area contributed by atoms with Gasteiger partial charge in [-0.1, -0.05) is 11.6 Å². The fraction of sp³-hybridized carbons (Fsp3) is 0.500. The summed E-state index contributed by atoms with van der Waals surface area (Å²) in [6, 6.07) is 8.38. The summed E-state index contributed by atoms with van der Waals surface area (Å²) in [5.74, 6) is 1.10. The molecular formula is C26H28ClFN10O. The molecule has 1 saturated carbocycles. The number of aromatic nitrogens is 4. The highest BCUT2D eigenvalue weighted by atomic mass is 35.5.